The van der Waals surface area contributed by atoms with E-state index in [-0.39, 0.29) is 10.2 Å². The second-order valence-corrected chi connectivity index (χ2v) is 2.57. The SMILES string of the molecule is Nc1cc(Br)c(F)[nH]c1=O. The predicted octanol–water partition coefficient (Wildman–Crippen LogP) is 0.859. The molecule has 0 aliphatic heterocycles. The van der Waals surface area contributed by atoms with Crippen molar-refractivity contribution in [3.63, 3.8) is 0 Å². The lowest BCUT2D eigenvalue weighted by molar-refractivity contribution is 0.573. The molecule has 3 nitrogen and oxygen atoms in total. The van der Waals surface area contributed by atoms with Gasteiger partial charge in [-0.15, -0.1) is 0 Å². The van der Waals surface area contributed by atoms with Crippen molar-refractivity contribution in [2.24, 2.45) is 0 Å². The highest BCUT2D eigenvalue weighted by atomic mass is 79.9. The van der Waals surface area contributed by atoms with Crippen molar-refractivity contribution in [2.75, 3.05) is 5.73 Å². The summed E-state index contributed by atoms with van der Waals surface area (Å²) < 4.78 is 12.6. The van der Waals surface area contributed by atoms with Crippen LogP contribution in [0.5, 0.6) is 0 Å². The molecule has 0 bridgehead atoms. The number of nitrogen functional groups attached to an aromatic ring is 1. The van der Waals surface area contributed by atoms with Gasteiger partial charge in [0.1, 0.15) is 0 Å². The number of rotatable bonds is 0. The number of anilines is 1. The molecule has 0 amide bonds. The van der Waals surface area contributed by atoms with Crippen LogP contribution in [-0.4, -0.2) is 4.98 Å². The van der Waals surface area contributed by atoms with E-state index < -0.39 is 11.5 Å². The van der Waals surface area contributed by atoms with E-state index in [1.165, 1.54) is 6.07 Å². The van der Waals surface area contributed by atoms with Gasteiger partial charge < -0.3 is 5.73 Å². The summed E-state index contributed by atoms with van der Waals surface area (Å²) in [5.41, 5.74) is 4.53. The number of halogens is 2. The Hall–Kier alpha value is -0.840. The van der Waals surface area contributed by atoms with Gasteiger partial charge in [-0.2, -0.15) is 4.39 Å². The molecule has 1 heterocycles. The van der Waals surface area contributed by atoms with E-state index in [0.717, 1.165) is 0 Å². The third-order valence-corrected chi connectivity index (χ3v) is 1.55. The van der Waals surface area contributed by atoms with Crippen LogP contribution >= 0.6 is 15.9 Å². The number of aromatic amines is 1. The molecule has 0 saturated heterocycles. The minimum Gasteiger partial charge on any atom is -0.394 e. The third kappa shape index (κ3) is 1.18. The molecule has 0 radical (unpaired) electrons. The summed E-state index contributed by atoms with van der Waals surface area (Å²) in [5, 5.41) is 0. The Morgan fingerprint density at radius 1 is 1.70 bits per heavy atom. The van der Waals surface area contributed by atoms with E-state index in [1.807, 2.05) is 4.98 Å². The van der Waals surface area contributed by atoms with Gasteiger partial charge in [-0.25, -0.2) is 0 Å². The van der Waals surface area contributed by atoms with Gasteiger partial charge in [0.2, 0.25) is 5.95 Å². The van der Waals surface area contributed by atoms with Crippen molar-refractivity contribution in [2.45, 2.75) is 0 Å². The summed E-state index contributed by atoms with van der Waals surface area (Å²) in [7, 11) is 0. The molecule has 5 heteroatoms. The Balaban J connectivity index is 3.43. The lowest BCUT2D eigenvalue weighted by Gasteiger charge is -1.93. The minimum absolute atomic E-state index is 0.00623. The minimum atomic E-state index is -0.709. The number of nitrogens with one attached hydrogen (secondary N) is 1. The maximum atomic E-state index is 12.4. The van der Waals surface area contributed by atoms with Crippen LogP contribution in [0.1, 0.15) is 0 Å². The van der Waals surface area contributed by atoms with Gasteiger partial charge >= 0.3 is 0 Å². The smallest absolute Gasteiger partial charge is 0.273 e. The standard InChI is InChI=1S/C5H4BrFN2O/c6-2-1-3(8)5(10)9-4(2)7/h1H,8H2,(H,9,10). The summed E-state index contributed by atoms with van der Waals surface area (Å²) in [6.07, 6.45) is 0. The van der Waals surface area contributed by atoms with Crippen molar-refractivity contribution in [1.29, 1.82) is 0 Å². The van der Waals surface area contributed by atoms with E-state index in [0.29, 0.717) is 0 Å². The Kier molecular flexibility index (Phi) is 1.76. The summed E-state index contributed by atoms with van der Waals surface area (Å²) >= 11 is 2.86. The lowest BCUT2D eigenvalue weighted by atomic mass is 10.4. The van der Waals surface area contributed by atoms with Gasteiger partial charge in [-0.05, 0) is 22.0 Å². The fourth-order valence-corrected chi connectivity index (χ4v) is 0.843. The molecule has 0 spiro atoms. The largest absolute Gasteiger partial charge is 0.394 e. The van der Waals surface area contributed by atoms with Crippen LogP contribution in [0.15, 0.2) is 15.3 Å². The zero-order valence-corrected chi connectivity index (χ0v) is 6.40. The van der Waals surface area contributed by atoms with Gasteiger partial charge in [0.25, 0.3) is 5.56 Å². The van der Waals surface area contributed by atoms with E-state index >= 15 is 0 Å². The molecule has 1 aromatic rings. The van der Waals surface area contributed by atoms with Crippen LogP contribution in [-0.2, 0) is 0 Å². The molecule has 0 aromatic carbocycles. The fourth-order valence-electron chi connectivity index (χ4n) is 0.497. The van der Waals surface area contributed by atoms with Crippen LogP contribution in [0.4, 0.5) is 10.1 Å². The number of aromatic nitrogens is 1. The van der Waals surface area contributed by atoms with E-state index in [9.17, 15) is 9.18 Å². The first-order valence-electron chi connectivity index (χ1n) is 2.45. The zero-order chi connectivity index (χ0) is 7.72. The van der Waals surface area contributed by atoms with Crippen molar-refractivity contribution in [1.82, 2.24) is 4.98 Å². The first-order valence-corrected chi connectivity index (χ1v) is 3.24. The first kappa shape index (κ1) is 7.27. The highest BCUT2D eigenvalue weighted by Crippen LogP contribution is 2.12. The van der Waals surface area contributed by atoms with Crippen LogP contribution < -0.4 is 11.3 Å². The van der Waals surface area contributed by atoms with Crippen molar-refractivity contribution in [3.8, 4) is 0 Å². The van der Waals surface area contributed by atoms with Crippen molar-refractivity contribution >= 4 is 21.6 Å². The zero-order valence-electron chi connectivity index (χ0n) is 4.82. The van der Waals surface area contributed by atoms with Gasteiger partial charge in [0.05, 0.1) is 10.2 Å². The van der Waals surface area contributed by atoms with E-state index in [4.69, 9.17) is 5.73 Å². The molecule has 3 N–H and O–H groups in total. The monoisotopic (exact) mass is 206 g/mol. The lowest BCUT2D eigenvalue weighted by Crippen LogP contribution is -2.12. The number of pyridine rings is 1. The number of hydrogen-bond acceptors (Lipinski definition) is 2. The Morgan fingerprint density at radius 3 is 2.80 bits per heavy atom. The molecule has 1 rings (SSSR count). The Labute approximate surface area is 64.2 Å². The van der Waals surface area contributed by atoms with Crippen LogP contribution in [0.25, 0.3) is 0 Å². The highest BCUT2D eigenvalue weighted by molar-refractivity contribution is 9.10. The topological polar surface area (TPSA) is 58.9 Å². The molecule has 0 aliphatic rings. The maximum Gasteiger partial charge on any atom is 0.273 e. The Morgan fingerprint density at radius 2 is 2.30 bits per heavy atom. The summed E-state index contributed by atoms with van der Waals surface area (Å²) in [6.45, 7) is 0. The quantitative estimate of drug-likeness (QED) is 0.619. The van der Waals surface area contributed by atoms with Crippen molar-refractivity contribution < 1.29 is 4.39 Å². The molecule has 54 valence electrons. The van der Waals surface area contributed by atoms with Crippen molar-refractivity contribution in [3.05, 3.63) is 26.8 Å². The Bertz CT molecular complexity index is 309. The molecule has 0 fully saturated rings. The average molecular weight is 207 g/mol. The maximum absolute atomic E-state index is 12.4. The van der Waals surface area contributed by atoms with Crippen LogP contribution in [0, 0.1) is 5.95 Å². The number of hydrogen-bond donors (Lipinski definition) is 2. The van der Waals surface area contributed by atoms with Gasteiger partial charge in [-0.1, -0.05) is 0 Å². The second kappa shape index (κ2) is 2.42. The van der Waals surface area contributed by atoms with Gasteiger partial charge in [-0.3, -0.25) is 9.78 Å². The molecule has 0 unspecified atom stereocenters. The highest BCUT2D eigenvalue weighted by Gasteiger charge is 2.01. The molecular weight excluding hydrogens is 203 g/mol. The summed E-state index contributed by atoms with van der Waals surface area (Å²) in [6, 6.07) is 1.22. The molecule has 10 heavy (non-hydrogen) atoms. The van der Waals surface area contributed by atoms with E-state index in [1.54, 1.807) is 0 Å². The van der Waals surface area contributed by atoms with Crippen LogP contribution in [0.2, 0.25) is 0 Å². The first-order chi connectivity index (χ1) is 4.61. The third-order valence-electron chi connectivity index (χ3n) is 0.977. The molecule has 0 atom stereocenters. The molecule has 0 saturated carbocycles. The molecule has 1 aromatic heterocycles. The average Bonchev–Trinajstić information content (AvgIpc) is 1.84. The van der Waals surface area contributed by atoms with Crippen LogP contribution in [0.3, 0.4) is 0 Å². The summed E-state index contributed by atoms with van der Waals surface area (Å²) in [5.74, 6) is -0.709. The van der Waals surface area contributed by atoms with Gasteiger partial charge in [0.15, 0.2) is 0 Å². The van der Waals surface area contributed by atoms with Gasteiger partial charge in [0, 0.05) is 0 Å². The molecular formula is C5H4BrFN2O. The van der Waals surface area contributed by atoms with E-state index in [2.05, 4.69) is 15.9 Å². The fraction of sp³-hybridized carbons (Fsp3) is 0. The summed E-state index contributed by atoms with van der Waals surface area (Å²) in [4.78, 5) is 12.5. The predicted molar refractivity (Wildman–Crippen MR) is 39.1 cm³/mol. The normalized spacial score (nSPS) is 9.80. The second-order valence-electron chi connectivity index (χ2n) is 1.72. The number of H-pyrrole nitrogens is 1. The molecule has 0 aliphatic carbocycles. The number of nitrogens with two attached hydrogens (primary N) is 1.